The maximum absolute atomic E-state index is 14.7. The molecule has 0 bridgehead atoms. The predicted octanol–water partition coefficient (Wildman–Crippen LogP) is 5.35. The summed E-state index contributed by atoms with van der Waals surface area (Å²) in [4.78, 5) is 28.8. The molecule has 0 aliphatic carbocycles. The lowest BCUT2D eigenvalue weighted by atomic mass is 9.99. The zero-order valence-electron chi connectivity index (χ0n) is 17.2. The van der Waals surface area contributed by atoms with Gasteiger partial charge in [-0.2, -0.15) is 13.8 Å². The Morgan fingerprint density at radius 1 is 0.968 bits per heavy atom. The number of rotatable bonds is 7. The number of nitrogens with zero attached hydrogens (tertiary/aromatic N) is 2. The fraction of sp³-hybridized carbons (Fsp3) is 0.208. The second kappa shape index (κ2) is 9.55. The summed E-state index contributed by atoms with van der Waals surface area (Å²) >= 11 is 0. The minimum absolute atomic E-state index is 0.0295. The summed E-state index contributed by atoms with van der Waals surface area (Å²) in [5, 5.41) is 0. The lowest BCUT2D eigenvalue weighted by molar-refractivity contribution is -0.118. The van der Waals surface area contributed by atoms with Gasteiger partial charge in [0.05, 0.1) is 0 Å². The molecule has 0 aliphatic heterocycles. The number of carbonyl (C=O) groups excluding carboxylic acids is 2. The van der Waals surface area contributed by atoms with Crippen LogP contribution in [0.4, 0.5) is 18.9 Å². The fourth-order valence-electron chi connectivity index (χ4n) is 3.19. The highest BCUT2D eigenvalue weighted by molar-refractivity contribution is 5.96. The molecular weight excluding hydrogens is 405 g/mol. The number of carbonyl (C=O) groups is 2. The van der Waals surface area contributed by atoms with Crippen molar-refractivity contribution in [1.29, 1.82) is 0 Å². The third-order valence-electron chi connectivity index (χ3n) is 5.05. The summed E-state index contributed by atoms with van der Waals surface area (Å²) in [5.41, 5.74) is 1.92. The van der Waals surface area contributed by atoms with E-state index in [1.54, 1.807) is 38.2 Å². The van der Waals surface area contributed by atoms with Crippen LogP contribution in [0.25, 0.3) is 11.1 Å². The Kier molecular flexibility index (Phi) is 6.84. The van der Waals surface area contributed by atoms with Gasteiger partial charge < -0.3 is 4.90 Å². The molecule has 0 saturated carbocycles. The van der Waals surface area contributed by atoms with Crippen LogP contribution in [-0.4, -0.2) is 23.7 Å². The molecule has 4 nitrogen and oxygen atoms in total. The molecule has 3 rings (SSSR count). The molecule has 0 spiro atoms. The average Bonchev–Trinajstić information content (AvgIpc) is 2.77. The second-order valence-electron chi connectivity index (χ2n) is 7.05. The van der Waals surface area contributed by atoms with Crippen molar-refractivity contribution in [3.05, 3.63) is 83.4 Å². The van der Waals surface area contributed by atoms with Gasteiger partial charge in [-0.05, 0) is 42.3 Å². The van der Waals surface area contributed by atoms with E-state index in [1.807, 2.05) is 0 Å². The van der Waals surface area contributed by atoms with Crippen molar-refractivity contribution in [3.63, 3.8) is 0 Å². The van der Waals surface area contributed by atoms with Crippen molar-refractivity contribution in [2.45, 2.75) is 26.2 Å². The molecule has 1 aromatic heterocycles. The second-order valence-corrected chi connectivity index (χ2v) is 7.05. The molecule has 0 fully saturated rings. The smallest absolute Gasteiger partial charge is 0.226 e. The lowest BCUT2D eigenvalue weighted by Crippen LogP contribution is -2.24. The monoisotopic (exact) mass is 426 g/mol. The molecular formula is C24H21F3N2O2. The largest absolute Gasteiger partial charge is 0.316 e. The number of hydrogen-bond donors (Lipinski definition) is 0. The van der Waals surface area contributed by atoms with E-state index in [1.165, 1.54) is 23.1 Å². The Morgan fingerprint density at radius 3 is 2.29 bits per heavy atom. The van der Waals surface area contributed by atoms with E-state index in [-0.39, 0.29) is 35.7 Å². The zero-order valence-corrected chi connectivity index (χ0v) is 17.2. The van der Waals surface area contributed by atoms with Gasteiger partial charge in [-0.1, -0.05) is 31.2 Å². The van der Waals surface area contributed by atoms with Crippen molar-refractivity contribution in [2.75, 3.05) is 11.9 Å². The van der Waals surface area contributed by atoms with E-state index >= 15 is 0 Å². The van der Waals surface area contributed by atoms with E-state index in [4.69, 9.17) is 0 Å². The van der Waals surface area contributed by atoms with Gasteiger partial charge in [0.25, 0.3) is 0 Å². The third kappa shape index (κ3) is 5.17. The predicted molar refractivity (Wildman–Crippen MR) is 112 cm³/mol. The highest BCUT2D eigenvalue weighted by atomic mass is 19.1. The molecule has 3 aromatic rings. The van der Waals surface area contributed by atoms with Gasteiger partial charge in [-0.15, -0.1) is 0 Å². The molecule has 0 saturated heterocycles. The molecule has 31 heavy (non-hydrogen) atoms. The van der Waals surface area contributed by atoms with Gasteiger partial charge in [0.15, 0.2) is 5.78 Å². The molecule has 0 radical (unpaired) electrons. The normalized spacial score (nSPS) is 10.7. The van der Waals surface area contributed by atoms with E-state index in [0.29, 0.717) is 23.2 Å². The summed E-state index contributed by atoms with van der Waals surface area (Å²) in [6, 6.07) is 13.3. The fourth-order valence-corrected chi connectivity index (χ4v) is 3.19. The molecule has 1 heterocycles. The molecule has 0 N–H and O–H groups in total. The first kappa shape index (κ1) is 22.2. The summed E-state index contributed by atoms with van der Waals surface area (Å²) in [6.45, 7) is 1.78. The summed E-state index contributed by atoms with van der Waals surface area (Å²) in [5.74, 6) is -2.83. The molecule has 0 unspecified atom stereocenters. The number of amides is 1. The van der Waals surface area contributed by atoms with Crippen LogP contribution in [0.3, 0.4) is 0 Å². The summed E-state index contributed by atoms with van der Waals surface area (Å²) in [7, 11) is 1.68. The maximum Gasteiger partial charge on any atom is 0.226 e. The molecule has 2 aromatic carbocycles. The van der Waals surface area contributed by atoms with Crippen molar-refractivity contribution < 1.29 is 22.8 Å². The number of aryl methyl sites for hydroxylation is 1. The van der Waals surface area contributed by atoms with Crippen molar-refractivity contribution >= 4 is 17.4 Å². The Balaban J connectivity index is 1.72. The lowest BCUT2D eigenvalue weighted by Gasteiger charge is -2.17. The average molecular weight is 426 g/mol. The molecule has 0 atom stereocenters. The number of hydrogen-bond acceptors (Lipinski definition) is 3. The summed E-state index contributed by atoms with van der Waals surface area (Å²) in [6.07, 6.45) is 0.356. The quantitative estimate of drug-likeness (QED) is 0.378. The van der Waals surface area contributed by atoms with E-state index < -0.39 is 17.7 Å². The molecule has 1 amide bonds. The minimum atomic E-state index is -0.955. The SMILES string of the molecule is CCC(=O)N(C)c1ccc(-c2ccc(C(=O)CCc3ccc(F)nc3F)cc2F)cc1. The van der Waals surface area contributed by atoms with E-state index in [2.05, 4.69) is 4.98 Å². The number of pyridine rings is 1. The standard InChI is InChI=1S/C24H21F3N2O2/c1-3-23(31)29(2)18-9-4-15(5-10-18)19-11-6-17(14-20(19)25)21(30)12-7-16-8-13-22(26)28-24(16)27/h4-6,8-11,13-14H,3,7,12H2,1-2H3. The highest BCUT2D eigenvalue weighted by Gasteiger charge is 2.14. The van der Waals surface area contributed by atoms with Crippen LogP contribution in [-0.2, 0) is 11.2 Å². The number of Topliss-reactive ketones (excluding diaryl/α,β-unsaturated/α-hetero) is 1. The van der Waals surface area contributed by atoms with Gasteiger partial charge in [0.2, 0.25) is 17.8 Å². The molecule has 7 heteroatoms. The van der Waals surface area contributed by atoms with Crippen LogP contribution in [0.2, 0.25) is 0 Å². The van der Waals surface area contributed by atoms with Gasteiger partial charge in [-0.3, -0.25) is 9.59 Å². The topological polar surface area (TPSA) is 50.3 Å². The van der Waals surface area contributed by atoms with Gasteiger partial charge >= 0.3 is 0 Å². The maximum atomic E-state index is 14.7. The first-order valence-electron chi connectivity index (χ1n) is 9.80. The Hall–Kier alpha value is -3.48. The Bertz CT molecular complexity index is 1110. The Labute approximate surface area is 178 Å². The summed E-state index contributed by atoms with van der Waals surface area (Å²) < 4.78 is 41.2. The number of anilines is 1. The number of aromatic nitrogens is 1. The number of halogens is 3. The van der Waals surface area contributed by atoms with E-state index in [9.17, 15) is 22.8 Å². The van der Waals surface area contributed by atoms with Crippen LogP contribution < -0.4 is 4.90 Å². The van der Waals surface area contributed by atoms with Crippen LogP contribution >= 0.6 is 0 Å². The first-order chi connectivity index (χ1) is 14.8. The third-order valence-corrected chi connectivity index (χ3v) is 5.05. The van der Waals surface area contributed by atoms with Crippen LogP contribution in [0.5, 0.6) is 0 Å². The van der Waals surface area contributed by atoms with Crippen LogP contribution in [0.15, 0.2) is 54.6 Å². The van der Waals surface area contributed by atoms with Crippen molar-refractivity contribution in [2.24, 2.45) is 0 Å². The van der Waals surface area contributed by atoms with Gasteiger partial charge in [0.1, 0.15) is 5.82 Å². The zero-order chi connectivity index (χ0) is 22.5. The van der Waals surface area contributed by atoms with Crippen molar-refractivity contribution in [1.82, 2.24) is 4.98 Å². The number of ketones is 1. The van der Waals surface area contributed by atoms with E-state index in [0.717, 1.165) is 12.1 Å². The Morgan fingerprint density at radius 2 is 1.68 bits per heavy atom. The molecule has 0 aliphatic rings. The van der Waals surface area contributed by atoms with Gasteiger partial charge in [0, 0.05) is 42.3 Å². The highest BCUT2D eigenvalue weighted by Crippen LogP contribution is 2.27. The minimum Gasteiger partial charge on any atom is -0.316 e. The van der Waals surface area contributed by atoms with Crippen LogP contribution in [0.1, 0.15) is 35.7 Å². The van der Waals surface area contributed by atoms with Crippen molar-refractivity contribution in [3.8, 4) is 11.1 Å². The first-order valence-corrected chi connectivity index (χ1v) is 9.80. The van der Waals surface area contributed by atoms with Gasteiger partial charge in [-0.25, -0.2) is 4.39 Å². The molecule has 160 valence electrons. The van der Waals surface area contributed by atoms with Crippen LogP contribution in [0, 0.1) is 17.7 Å². The number of benzene rings is 2.